The second kappa shape index (κ2) is 5.04. The Morgan fingerprint density at radius 2 is 1.94 bits per heavy atom. The predicted molar refractivity (Wildman–Crippen MR) is 71.1 cm³/mol. The summed E-state index contributed by atoms with van der Waals surface area (Å²) in [6.07, 6.45) is 1.91. The number of aryl methyl sites for hydroxylation is 1. The first kappa shape index (κ1) is 12.4. The molecule has 0 aliphatic rings. The van der Waals surface area contributed by atoms with Crippen molar-refractivity contribution in [2.75, 3.05) is 14.1 Å². The van der Waals surface area contributed by atoms with E-state index in [4.69, 9.17) is 0 Å². The number of carbonyl (C=O) groups excluding carboxylic acids is 1. The van der Waals surface area contributed by atoms with Crippen LogP contribution in [0.4, 0.5) is 0 Å². The first-order valence-electron chi connectivity index (χ1n) is 5.87. The first-order valence-corrected chi connectivity index (χ1v) is 5.87. The lowest BCUT2D eigenvalue weighted by molar-refractivity contribution is -0.129. The van der Waals surface area contributed by atoms with Gasteiger partial charge in [0.2, 0.25) is 5.91 Å². The predicted octanol–water partition coefficient (Wildman–Crippen LogP) is 1.95. The third kappa shape index (κ3) is 2.59. The van der Waals surface area contributed by atoms with Crippen LogP contribution in [0.1, 0.15) is 5.56 Å². The molecule has 1 heterocycles. The molecule has 0 N–H and O–H groups in total. The molecule has 0 bridgehead atoms. The Labute approximate surface area is 107 Å². The number of carbonyl (C=O) groups is 1. The lowest BCUT2D eigenvalue weighted by atomic mass is 10.1. The fraction of sp³-hybridized carbons (Fsp3) is 0.286. The van der Waals surface area contributed by atoms with Gasteiger partial charge in [-0.3, -0.25) is 9.48 Å². The van der Waals surface area contributed by atoms with Gasteiger partial charge >= 0.3 is 0 Å². The molecule has 0 fully saturated rings. The number of hydrogen-bond acceptors (Lipinski definition) is 2. The number of rotatable bonds is 3. The molecule has 2 rings (SSSR count). The summed E-state index contributed by atoms with van der Waals surface area (Å²) >= 11 is 0. The molecule has 1 amide bonds. The van der Waals surface area contributed by atoms with Crippen molar-refractivity contribution in [2.24, 2.45) is 0 Å². The van der Waals surface area contributed by atoms with E-state index in [-0.39, 0.29) is 12.5 Å². The van der Waals surface area contributed by atoms with Crippen LogP contribution in [0.15, 0.2) is 36.5 Å². The molecule has 18 heavy (non-hydrogen) atoms. The van der Waals surface area contributed by atoms with Crippen LogP contribution in [0.25, 0.3) is 11.3 Å². The number of hydrogen-bond donors (Lipinski definition) is 0. The van der Waals surface area contributed by atoms with Gasteiger partial charge in [-0.15, -0.1) is 0 Å². The summed E-state index contributed by atoms with van der Waals surface area (Å²) in [5, 5.41) is 4.47. The molecule has 0 unspecified atom stereocenters. The minimum Gasteiger partial charge on any atom is -0.347 e. The highest BCUT2D eigenvalue weighted by Gasteiger charge is 2.10. The zero-order chi connectivity index (χ0) is 13.1. The van der Waals surface area contributed by atoms with Crippen LogP contribution in [-0.2, 0) is 11.3 Å². The topological polar surface area (TPSA) is 38.1 Å². The molecule has 0 aliphatic heterocycles. The van der Waals surface area contributed by atoms with Crippen molar-refractivity contribution in [3.05, 3.63) is 42.1 Å². The largest absolute Gasteiger partial charge is 0.347 e. The molecule has 0 saturated carbocycles. The average molecular weight is 243 g/mol. The molecule has 2 aromatic rings. The number of benzene rings is 1. The van der Waals surface area contributed by atoms with Crippen LogP contribution in [-0.4, -0.2) is 34.7 Å². The normalized spacial score (nSPS) is 10.4. The van der Waals surface area contributed by atoms with Gasteiger partial charge in [0, 0.05) is 25.9 Å². The Balaban J connectivity index is 2.25. The van der Waals surface area contributed by atoms with Crippen LogP contribution in [0.3, 0.4) is 0 Å². The Morgan fingerprint density at radius 1 is 1.28 bits per heavy atom. The molecule has 4 nitrogen and oxygen atoms in total. The summed E-state index contributed by atoms with van der Waals surface area (Å²) in [7, 11) is 3.49. The second-order valence-corrected chi connectivity index (χ2v) is 4.51. The van der Waals surface area contributed by atoms with E-state index in [9.17, 15) is 4.79 Å². The molecular weight excluding hydrogens is 226 g/mol. The number of amides is 1. The lowest BCUT2D eigenvalue weighted by Crippen LogP contribution is -2.26. The van der Waals surface area contributed by atoms with E-state index in [1.165, 1.54) is 0 Å². The van der Waals surface area contributed by atoms with Crippen LogP contribution in [0, 0.1) is 6.92 Å². The van der Waals surface area contributed by atoms with E-state index in [2.05, 4.69) is 5.10 Å². The van der Waals surface area contributed by atoms with Gasteiger partial charge in [0.15, 0.2) is 0 Å². The van der Waals surface area contributed by atoms with E-state index in [1.807, 2.05) is 43.5 Å². The smallest absolute Gasteiger partial charge is 0.243 e. The van der Waals surface area contributed by atoms with E-state index in [1.54, 1.807) is 23.7 Å². The molecule has 1 aromatic heterocycles. The third-order valence-electron chi connectivity index (χ3n) is 2.79. The zero-order valence-corrected chi connectivity index (χ0v) is 10.9. The van der Waals surface area contributed by atoms with Gasteiger partial charge in [0.1, 0.15) is 6.54 Å². The van der Waals surface area contributed by atoms with Crippen molar-refractivity contribution in [1.29, 1.82) is 0 Å². The molecule has 4 heteroatoms. The third-order valence-corrected chi connectivity index (χ3v) is 2.79. The average Bonchev–Trinajstić information content (AvgIpc) is 2.71. The summed E-state index contributed by atoms with van der Waals surface area (Å²) < 4.78 is 1.69. The summed E-state index contributed by atoms with van der Waals surface area (Å²) in [6.45, 7) is 2.28. The number of nitrogens with zero attached hydrogens (tertiary/aromatic N) is 3. The second-order valence-electron chi connectivity index (χ2n) is 4.51. The SMILES string of the molecule is Cc1cn(CC(=O)N(C)C)nc1-c1ccccc1. The highest BCUT2D eigenvalue weighted by molar-refractivity contribution is 5.75. The van der Waals surface area contributed by atoms with Crippen molar-refractivity contribution >= 4 is 5.91 Å². The van der Waals surface area contributed by atoms with Gasteiger partial charge in [-0.25, -0.2) is 0 Å². The fourth-order valence-electron chi connectivity index (χ4n) is 1.76. The highest BCUT2D eigenvalue weighted by atomic mass is 16.2. The van der Waals surface area contributed by atoms with Crippen molar-refractivity contribution in [3.8, 4) is 11.3 Å². The van der Waals surface area contributed by atoms with E-state index >= 15 is 0 Å². The van der Waals surface area contributed by atoms with Crippen molar-refractivity contribution in [1.82, 2.24) is 14.7 Å². The van der Waals surface area contributed by atoms with Gasteiger partial charge in [-0.2, -0.15) is 5.10 Å². The standard InChI is InChI=1S/C14H17N3O/c1-11-9-17(10-13(18)16(2)3)15-14(11)12-7-5-4-6-8-12/h4-9H,10H2,1-3H3. The fourth-order valence-corrected chi connectivity index (χ4v) is 1.76. The van der Waals surface area contributed by atoms with Crippen LogP contribution < -0.4 is 0 Å². The minimum absolute atomic E-state index is 0.0390. The maximum absolute atomic E-state index is 11.6. The Hall–Kier alpha value is -2.10. The Morgan fingerprint density at radius 3 is 2.56 bits per heavy atom. The summed E-state index contributed by atoms with van der Waals surface area (Å²) in [6, 6.07) is 9.99. The van der Waals surface area contributed by atoms with Crippen LogP contribution in [0.2, 0.25) is 0 Å². The first-order chi connectivity index (χ1) is 8.58. The van der Waals surface area contributed by atoms with Crippen molar-refractivity contribution < 1.29 is 4.79 Å². The summed E-state index contributed by atoms with van der Waals surface area (Å²) in [4.78, 5) is 13.2. The van der Waals surface area contributed by atoms with Crippen LogP contribution in [0.5, 0.6) is 0 Å². The van der Waals surface area contributed by atoms with E-state index in [0.29, 0.717) is 0 Å². The summed E-state index contributed by atoms with van der Waals surface area (Å²) in [5.41, 5.74) is 3.08. The number of aromatic nitrogens is 2. The van der Waals surface area contributed by atoms with Gasteiger partial charge in [0.25, 0.3) is 0 Å². The van der Waals surface area contributed by atoms with Crippen molar-refractivity contribution in [2.45, 2.75) is 13.5 Å². The molecule has 0 atom stereocenters. The molecule has 0 aliphatic carbocycles. The Bertz CT molecular complexity index is 543. The summed E-state index contributed by atoms with van der Waals surface area (Å²) in [5.74, 6) is 0.0390. The minimum atomic E-state index is 0.0390. The van der Waals surface area contributed by atoms with Gasteiger partial charge < -0.3 is 4.90 Å². The maximum atomic E-state index is 11.6. The quantitative estimate of drug-likeness (QED) is 0.826. The maximum Gasteiger partial charge on any atom is 0.243 e. The van der Waals surface area contributed by atoms with E-state index in [0.717, 1.165) is 16.8 Å². The monoisotopic (exact) mass is 243 g/mol. The van der Waals surface area contributed by atoms with Gasteiger partial charge in [-0.05, 0) is 12.5 Å². The van der Waals surface area contributed by atoms with Crippen LogP contribution >= 0.6 is 0 Å². The molecule has 0 spiro atoms. The molecule has 0 saturated heterocycles. The van der Waals surface area contributed by atoms with Crippen molar-refractivity contribution in [3.63, 3.8) is 0 Å². The highest BCUT2D eigenvalue weighted by Crippen LogP contribution is 2.20. The van der Waals surface area contributed by atoms with Gasteiger partial charge in [-0.1, -0.05) is 30.3 Å². The van der Waals surface area contributed by atoms with E-state index < -0.39 is 0 Å². The zero-order valence-electron chi connectivity index (χ0n) is 10.9. The number of likely N-dealkylation sites (N-methyl/N-ethyl adjacent to an activating group) is 1. The molecule has 1 aromatic carbocycles. The lowest BCUT2D eigenvalue weighted by Gasteiger charge is -2.09. The molecular formula is C14H17N3O. The molecule has 94 valence electrons. The van der Waals surface area contributed by atoms with Gasteiger partial charge in [0.05, 0.1) is 5.69 Å². The Kier molecular flexibility index (Phi) is 3.46. The molecule has 0 radical (unpaired) electrons.